The van der Waals surface area contributed by atoms with E-state index in [2.05, 4.69) is 62.6 Å². The Balaban J connectivity index is 0.000000797. The smallest absolute Gasteiger partial charge is 2.00 e. The summed E-state index contributed by atoms with van der Waals surface area (Å²) in [4.78, 5) is 21.3. The van der Waals surface area contributed by atoms with Crippen molar-refractivity contribution in [1.82, 2.24) is 19.9 Å². The minimum atomic E-state index is 0. The molecule has 2 N–H and O–H groups in total. The fraction of sp³-hybridized carbons (Fsp3) is 0.0833. The van der Waals surface area contributed by atoms with Gasteiger partial charge in [0, 0.05) is 12.4 Å². The van der Waals surface area contributed by atoms with Crippen LogP contribution in [0.1, 0.15) is 11.1 Å². The number of rotatable bonds is 5. The summed E-state index contributed by atoms with van der Waals surface area (Å²) in [7, 11) is 0. The van der Waals surface area contributed by atoms with E-state index in [0.717, 1.165) is 45.8 Å². The number of hydrogen-bond donors (Lipinski definition) is 2. The molecular formula is C24H20FeN8Se2. The van der Waals surface area contributed by atoms with Gasteiger partial charge in [0.1, 0.15) is 23.3 Å². The normalized spacial score (nSPS) is 8.80. The molecule has 0 saturated carbocycles. The van der Waals surface area contributed by atoms with Gasteiger partial charge in [0.2, 0.25) is 0 Å². The summed E-state index contributed by atoms with van der Waals surface area (Å²) >= 11 is 4.22. The number of hydrogen-bond acceptors (Lipinski definition) is 8. The van der Waals surface area contributed by atoms with Crippen molar-refractivity contribution in [1.29, 1.82) is 10.5 Å². The van der Waals surface area contributed by atoms with Crippen LogP contribution < -0.4 is 10.6 Å². The molecule has 0 unspecified atom stereocenters. The minimum absolute atomic E-state index is 0. The second-order valence-electron chi connectivity index (χ2n) is 6.59. The summed E-state index contributed by atoms with van der Waals surface area (Å²) < 4.78 is 0. The van der Waals surface area contributed by atoms with Crippen LogP contribution >= 0.6 is 0 Å². The van der Waals surface area contributed by atoms with Crippen LogP contribution in [0.4, 0.5) is 23.3 Å². The fourth-order valence-corrected chi connectivity index (χ4v) is 2.77. The maximum absolute atomic E-state index is 7.26. The van der Waals surface area contributed by atoms with Gasteiger partial charge >= 0.3 is 69.6 Å². The van der Waals surface area contributed by atoms with Crippen molar-refractivity contribution >= 4 is 55.3 Å². The Kier molecular flexibility index (Phi) is 13.9. The predicted octanol–water partition coefficient (Wildman–Crippen LogP) is 4.31. The van der Waals surface area contributed by atoms with Crippen molar-refractivity contribution in [3.63, 3.8) is 0 Å². The molecule has 11 heteroatoms. The fourth-order valence-electron chi connectivity index (χ4n) is 2.77. The third-order valence-corrected chi connectivity index (χ3v) is 4.27. The van der Waals surface area contributed by atoms with E-state index in [-0.39, 0.29) is 17.1 Å². The zero-order valence-corrected chi connectivity index (χ0v) is 23.3. The first kappa shape index (κ1) is 29.8. The topological polar surface area (TPSA) is 123 Å². The standard InChI is InChI=1S/C22H20N6.2CHNSe.Fe/c1-15-7-5-13-23-21(15)27-19-11-3-9-17(25-19)18-10-4-12-20(26-18)28-22-16(2)8-6-14-24-22;2*2-1-3;/h3-14H,1-2H3,(H,23,25,27)(H,24,26,28);2*3H;/q;;;+2/p-2. The summed E-state index contributed by atoms with van der Waals surface area (Å²) in [5.41, 5.74) is 3.68. The average Bonchev–Trinajstić information content (AvgIpc) is 2.84. The van der Waals surface area contributed by atoms with Crippen LogP contribution in [0, 0.1) is 34.3 Å². The molecule has 4 aromatic heterocycles. The zero-order chi connectivity index (χ0) is 24.8. The van der Waals surface area contributed by atoms with Gasteiger partial charge in [0.15, 0.2) is 0 Å². The molecule has 176 valence electrons. The van der Waals surface area contributed by atoms with Crippen LogP contribution in [0.3, 0.4) is 0 Å². The molecule has 35 heavy (non-hydrogen) atoms. The first-order valence-electron chi connectivity index (χ1n) is 9.86. The second kappa shape index (κ2) is 16.4. The Morgan fingerprint density at radius 3 is 1.37 bits per heavy atom. The molecule has 0 saturated heterocycles. The zero-order valence-electron chi connectivity index (χ0n) is 18.8. The minimum Gasteiger partial charge on any atom is 2.00 e. The molecule has 0 aliphatic carbocycles. The van der Waals surface area contributed by atoms with Crippen molar-refractivity contribution in [2.75, 3.05) is 10.6 Å². The third-order valence-electron chi connectivity index (χ3n) is 4.27. The maximum atomic E-state index is 7.26. The second-order valence-corrected chi connectivity index (χ2v) is 7.35. The van der Waals surface area contributed by atoms with Crippen molar-refractivity contribution in [3.05, 3.63) is 84.2 Å². The number of nitriles is 2. The summed E-state index contributed by atoms with van der Waals surface area (Å²) in [6.45, 7) is 4.02. The summed E-state index contributed by atoms with van der Waals surface area (Å²) in [6.07, 6.45) is 3.52. The van der Waals surface area contributed by atoms with Gasteiger partial charge in [-0.15, -0.1) is 0 Å². The number of pyridine rings is 4. The van der Waals surface area contributed by atoms with Crippen LogP contribution in [0.5, 0.6) is 0 Å². The van der Waals surface area contributed by atoms with Gasteiger partial charge in [-0.25, -0.2) is 19.9 Å². The van der Waals surface area contributed by atoms with E-state index in [9.17, 15) is 0 Å². The van der Waals surface area contributed by atoms with Gasteiger partial charge in [-0.1, -0.05) is 24.3 Å². The molecule has 0 spiro atoms. The molecule has 0 aliphatic heterocycles. The molecule has 0 radical (unpaired) electrons. The number of nitrogens with one attached hydrogen (secondary N) is 2. The molecule has 0 amide bonds. The van der Waals surface area contributed by atoms with Crippen molar-refractivity contribution in [3.8, 4) is 21.3 Å². The molecular weight excluding hydrogens is 614 g/mol. The van der Waals surface area contributed by atoms with Gasteiger partial charge in [-0.05, 0) is 61.4 Å². The Morgan fingerprint density at radius 1 is 0.657 bits per heavy atom. The van der Waals surface area contributed by atoms with Crippen molar-refractivity contribution < 1.29 is 17.1 Å². The third kappa shape index (κ3) is 9.86. The van der Waals surface area contributed by atoms with Crippen molar-refractivity contribution in [2.45, 2.75) is 13.8 Å². The maximum Gasteiger partial charge on any atom is 2.00 e. The van der Waals surface area contributed by atoms with Gasteiger partial charge in [-0.3, -0.25) is 0 Å². The molecule has 4 aromatic rings. The van der Waals surface area contributed by atoms with Gasteiger partial charge in [0.25, 0.3) is 0 Å². The quantitative estimate of drug-likeness (QED) is 0.312. The number of aromatic nitrogens is 4. The molecule has 0 bridgehead atoms. The largest absolute Gasteiger partial charge is 2.00 e. The van der Waals surface area contributed by atoms with Crippen LogP contribution in [0.15, 0.2) is 73.1 Å². The van der Waals surface area contributed by atoms with E-state index in [4.69, 9.17) is 10.5 Å². The summed E-state index contributed by atoms with van der Waals surface area (Å²) in [5.74, 6) is 3.03. The number of anilines is 4. The SMILES string of the molecule is Cc1cccnc1Nc1cccc(-c2cccc(Nc3ncccc3C)n2)n1.N#C[Se-].N#C[Se-].[Fe+2]. The number of nitrogens with zero attached hydrogens (tertiary/aromatic N) is 6. The molecule has 8 nitrogen and oxygen atoms in total. The van der Waals surface area contributed by atoms with Gasteiger partial charge < -0.3 is 10.6 Å². The summed E-state index contributed by atoms with van der Waals surface area (Å²) in [5, 5.41) is 21.1. The van der Waals surface area contributed by atoms with Crippen molar-refractivity contribution in [2.24, 2.45) is 0 Å². The molecule has 0 aromatic carbocycles. The predicted molar refractivity (Wildman–Crippen MR) is 135 cm³/mol. The van der Waals surface area contributed by atoms with E-state index >= 15 is 0 Å². The van der Waals surface area contributed by atoms with Crippen LogP contribution in [0.2, 0.25) is 0 Å². The molecule has 0 aliphatic rings. The van der Waals surface area contributed by atoms with E-state index in [1.807, 2.05) is 74.5 Å². The molecule has 4 heterocycles. The van der Waals surface area contributed by atoms with E-state index in [1.54, 1.807) is 22.3 Å². The molecule has 0 atom stereocenters. The summed E-state index contributed by atoms with van der Waals surface area (Å²) in [6, 6.07) is 19.5. The van der Waals surface area contributed by atoms with E-state index < -0.39 is 0 Å². The Bertz CT molecular complexity index is 1200. The molecule has 0 fully saturated rings. The van der Waals surface area contributed by atoms with Gasteiger partial charge in [-0.2, -0.15) is 0 Å². The Morgan fingerprint density at radius 2 is 1.03 bits per heavy atom. The average molecular weight is 634 g/mol. The number of aryl methyl sites for hydroxylation is 2. The monoisotopic (exact) mass is 636 g/mol. The van der Waals surface area contributed by atoms with Crippen LogP contribution in [-0.4, -0.2) is 52.0 Å². The molecule has 4 rings (SSSR count). The van der Waals surface area contributed by atoms with E-state index in [0.29, 0.717) is 0 Å². The van der Waals surface area contributed by atoms with E-state index in [1.165, 1.54) is 0 Å². The Labute approximate surface area is 231 Å². The van der Waals surface area contributed by atoms with Crippen LogP contribution in [-0.2, 0) is 17.1 Å². The first-order chi connectivity index (χ1) is 16.5. The first-order valence-corrected chi connectivity index (χ1v) is 11.6. The Hall–Kier alpha value is -3.26. The van der Waals surface area contributed by atoms with Gasteiger partial charge in [0.05, 0.1) is 11.4 Å². The van der Waals surface area contributed by atoms with Crippen LogP contribution in [0.25, 0.3) is 11.4 Å².